The van der Waals surface area contributed by atoms with E-state index in [9.17, 15) is 9.65 Å². The number of rotatable bonds is 1. The minimum Gasteiger partial charge on any atom is -0.297 e. The first-order valence-electron chi connectivity index (χ1n) is 6.43. The normalized spacial score (nSPS) is 24.4. The van der Waals surface area contributed by atoms with Gasteiger partial charge in [-0.25, -0.2) is 4.39 Å². The minimum absolute atomic E-state index is 0.0262. The molecule has 19 heavy (non-hydrogen) atoms. The molecular formula is C15H18ClFN2. The molecule has 1 aromatic carbocycles. The number of benzene rings is 1. The van der Waals surface area contributed by atoms with E-state index in [1.807, 2.05) is 0 Å². The predicted molar refractivity (Wildman–Crippen MR) is 74.6 cm³/mol. The Balaban J connectivity index is 2.37. The van der Waals surface area contributed by atoms with Gasteiger partial charge in [-0.1, -0.05) is 17.7 Å². The summed E-state index contributed by atoms with van der Waals surface area (Å²) in [6.07, 6.45) is 0. The van der Waals surface area contributed by atoms with Gasteiger partial charge in [-0.15, -0.1) is 0 Å². The van der Waals surface area contributed by atoms with Gasteiger partial charge >= 0.3 is 0 Å². The van der Waals surface area contributed by atoms with Crippen molar-refractivity contribution in [2.75, 3.05) is 13.1 Å². The van der Waals surface area contributed by atoms with Gasteiger partial charge in [0.05, 0.1) is 12.0 Å². The Morgan fingerprint density at radius 3 is 2.58 bits per heavy atom. The molecule has 0 aromatic heterocycles. The summed E-state index contributed by atoms with van der Waals surface area (Å²) >= 11 is 6.13. The molecular weight excluding hydrogens is 263 g/mol. The van der Waals surface area contributed by atoms with Gasteiger partial charge in [0.2, 0.25) is 0 Å². The molecule has 0 spiro atoms. The maximum Gasteiger partial charge on any atom is 0.128 e. The van der Waals surface area contributed by atoms with Crippen LogP contribution in [0.25, 0.3) is 0 Å². The number of halogens is 2. The number of hydrogen-bond donors (Lipinski definition) is 0. The summed E-state index contributed by atoms with van der Waals surface area (Å²) in [7, 11) is 0. The van der Waals surface area contributed by atoms with Crippen molar-refractivity contribution >= 4 is 11.6 Å². The first-order chi connectivity index (χ1) is 8.84. The highest BCUT2D eigenvalue weighted by Gasteiger charge is 2.40. The Bertz CT molecular complexity index is 496. The van der Waals surface area contributed by atoms with E-state index >= 15 is 0 Å². The van der Waals surface area contributed by atoms with Gasteiger partial charge in [-0.05, 0) is 32.9 Å². The van der Waals surface area contributed by atoms with Crippen LogP contribution >= 0.6 is 11.6 Å². The molecule has 1 heterocycles. The van der Waals surface area contributed by atoms with Gasteiger partial charge < -0.3 is 0 Å². The fourth-order valence-corrected chi connectivity index (χ4v) is 2.94. The zero-order valence-corrected chi connectivity index (χ0v) is 12.2. The summed E-state index contributed by atoms with van der Waals surface area (Å²) in [6.45, 7) is 7.64. The molecule has 1 aliphatic rings. The van der Waals surface area contributed by atoms with E-state index in [-0.39, 0.29) is 23.2 Å². The Morgan fingerprint density at radius 2 is 2.05 bits per heavy atom. The standard InChI is InChI=1S/C15H18ClFN2/c1-15(2,3)19-8-10(7-18)11(9-19)14-12(16)5-4-6-13(14)17/h4-6,10-11H,8-9H2,1-3H3/t10-,11-/m0/s1. The largest absolute Gasteiger partial charge is 0.297 e. The van der Waals surface area contributed by atoms with Crippen molar-refractivity contribution in [3.05, 3.63) is 34.6 Å². The van der Waals surface area contributed by atoms with Crippen molar-refractivity contribution in [2.45, 2.75) is 32.2 Å². The molecule has 0 bridgehead atoms. The van der Waals surface area contributed by atoms with E-state index in [4.69, 9.17) is 11.6 Å². The predicted octanol–water partition coefficient (Wildman–Crippen LogP) is 3.82. The average Bonchev–Trinajstić information content (AvgIpc) is 2.72. The highest BCUT2D eigenvalue weighted by atomic mass is 35.5. The van der Waals surface area contributed by atoms with Gasteiger partial charge in [-0.2, -0.15) is 5.26 Å². The van der Waals surface area contributed by atoms with Gasteiger partial charge in [0, 0.05) is 35.1 Å². The molecule has 0 unspecified atom stereocenters. The maximum atomic E-state index is 14.0. The maximum absolute atomic E-state index is 14.0. The van der Waals surface area contributed by atoms with E-state index in [1.54, 1.807) is 12.1 Å². The molecule has 1 aromatic rings. The van der Waals surface area contributed by atoms with Crippen molar-refractivity contribution in [2.24, 2.45) is 5.92 Å². The lowest BCUT2D eigenvalue weighted by molar-refractivity contribution is 0.170. The fourth-order valence-electron chi connectivity index (χ4n) is 2.64. The van der Waals surface area contributed by atoms with E-state index in [0.717, 1.165) is 0 Å². The van der Waals surface area contributed by atoms with Crippen molar-refractivity contribution in [3.8, 4) is 6.07 Å². The quantitative estimate of drug-likeness (QED) is 0.782. The Hall–Kier alpha value is -1.11. The fraction of sp³-hybridized carbons (Fsp3) is 0.533. The molecule has 0 radical (unpaired) electrons. The van der Waals surface area contributed by atoms with Gasteiger partial charge in [0.15, 0.2) is 0 Å². The summed E-state index contributed by atoms with van der Waals surface area (Å²) in [5.41, 5.74) is 0.462. The van der Waals surface area contributed by atoms with E-state index < -0.39 is 0 Å². The highest BCUT2D eigenvalue weighted by molar-refractivity contribution is 6.31. The van der Waals surface area contributed by atoms with E-state index in [2.05, 4.69) is 31.7 Å². The van der Waals surface area contributed by atoms with Crippen molar-refractivity contribution in [1.29, 1.82) is 5.26 Å². The third kappa shape index (κ3) is 2.75. The van der Waals surface area contributed by atoms with Crippen LogP contribution in [0.3, 0.4) is 0 Å². The molecule has 1 saturated heterocycles. The lowest BCUT2D eigenvalue weighted by atomic mass is 9.89. The molecule has 102 valence electrons. The zero-order valence-electron chi connectivity index (χ0n) is 11.5. The van der Waals surface area contributed by atoms with Crippen LogP contribution in [0.15, 0.2) is 18.2 Å². The second-order valence-corrected chi connectivity index (χ2v) is 6.46. The van der Waals surface area contributed by atoms with Crippen LogP contribution in [0.4, 0.5) is 4.39 Å². The molecule has 2 atom stereocenters. The Labute approximate surface area is 118 Å². The van der Waals surface area contributed by atoms with E-state index in [0.29, 0.717) is 23.7 Å². The first-order valence-corrected chi connectivity index (χ1v) is 6.81. The summed E-state index contributed by atoms with van der Waals surface area (Å²) in [5, 5.41) is 9.74. The van der Waals surface area contributed by atoms with Crippen LogP contribution in [-0.4, -0.2) is 23.5 Å². The van der Waals surface area contributed by atoms with E-state index in [1.165, 1.54) is 6.07 Å². The van der Waals surface area contributed by atoms with Crippen molar-refractivity contribution in [3.63, 3.8) is 0 Å². The lowest BCUT2D eigenvalue weighted by Crippen LogP contribution is -2.39. The van der Waals surface area contributed by atoms with Crippen LogP contribution in [0.1, 0.15) is 32.3 Å². The summed E-state index contributed by atoms with van der Waals surface area (Å²) in [5.74, 6) is -0.681. The van der Waals surface area contributed by atoms with Crippen molar-refractivity contribution < 1.29 is 4.39 Å². The molecule has 0 saturated carbocycles. The summed E-state index contributed by atoms with van der Waals surface area (Å²) < 4.78 is 14.0. The Morgan fingerprint density at radius 1 is 1.37 bits per heavy atom. The number of nitriles is 1. The molecule has 1 aliphatic heterocycles. The van der Waals surface area contributed by atoms with Crippen LogP contribution in [0, 0.1) is 23.1 Å². The average molecular weight is 281 g/mol. The molecule has 1 fully saturated rings. The number of nitrogens with zero attached hydrogens (tertiary/aromatic N) is 2. The summed E-state index contributed by atoms with van der Waals surface area (Å²) in [4.78, 5) is 2.22. The molecule has 0 amide bonds. The number of hydrogen-bond acceptors (Lipinski definition) is 2. The smallest absolute Gasteiger partial charge is 0.128 e. The van der Waals surface area contributed by atoms with Gasteiger partial charge in [0.1, 0.15) is 5.82 Å². The zero-order chi connectivity index (χ0) is 14.2. The molecule has 2 rings (SSSR count). The minimum atomic E-state index is -0.312. The summed E-state index contributed by atoms with van der Waals surface area (Å²) in [6, 6.07) is 7.00. The van der Waals surface area contributed by atoms with Crippen LogP contribution in [0.5, 0.6) is 0 Å². The third-order valence-corrected chi connectivity index (χ3v) is 4.13. The number of likely N-dealkylation sites (tertiary alicyclic amines) is 1. The SMILES string of the molecule is CC(C)(C)N1C[C@H](c2c(F)cccc2Cl)[C@@H](C#N)C1. The topological polar surface area (TPSA) is 27.0 Å². The molecule has 4 heteroatoms. The van der Waals surface area contributed by atoms with Crippen LogP contribution < -0.4 is 0 Å². The lowest BCUT2D eigenvalue weighted by Gasteiger charge is -2.31. The highest BCUT2D eigenvalue weighted by Crippen LogP contribution is 2.39. The molecule has 0 aliphatic carbocycles. The van der Waals surface area contributed by atoms with Crippen LogP contribution in [-0.2, 0) is 0 Å². The van der Waals surface area contributed by atoms with Gasteiger partial charge in [-0.3, -0.25) is 4.90 Å². The second kappa shape index (κ2) is 5.11. The van der Waals surface area contributed by atoms with Gasteiger partial charge in [0.25, 0.3) is 0 Å². The van der Waals surface area contributed by atoms with Crippen LogP contribution in [0.2, 0.25) is 5.02 Å². The second-order valence-electron chi connectivity index (χ2n) is 6.05. The Kier molecular flexibility index (Phi) is 3.85. The third-order valence-electron chi connectivity index (χ3n) is 3.80. The molecule has 0 N–H and O–H groups in total. The monoisotopic (exact) mass is 280 g/mol. The molecule has 2 nitrogen and oxygen atoms in total. The van der Waals surface area contributed by atoms with Crippen molar-refractivity contribution in [1.82, 2.24) is 4.90 Å². The first kappa shape index (κ1) is 14.3.